The van der Waals surface area contributed by atoms with Crippen LogP contribution in [-0.2, 0) is 8.85 Å². The molecule has 0 saturated carbocycles. The summed E-state index contributed by atoms with van der Waals surface area (Å²) < 4.78 is 10.7. The number of unbranched alkanes of at least 4 members (excludes halogenated alkanes) is 3. The van der Waals surface area contributed by atoms with Crippen LogP contribution in [0.5, 0.6) is 0 Å². The summed E-state index contributed by atoms with van der Waals surface area (Å²) in [5.41, 5.74) is 5.42. The van der Waals surface area contributed by atoms with Gasteiger partial charge in [-0.05, 0) is 32.5 Å². The van der Waals surface area contributed by atoms with E-state index in [-0.39, 0.29) is 0 Å². The first kappa shape index (κ1) is 15.1. The van der Waals surface area contributed by atoms with E-state index < -0.39 is 8.56 Å². The fourth-order valence-electron chi connectivity index (χ4n) is 1.29. The smallest absolute Gasteiger partial charge is 0.348 e. The summed E-state index contributed by atoms with van der Waals surface area (Å²) in [6.07, 6.45) is 5.70. The lowest BCUT2D eigenvalue weighted by Crippen LogP contribution is -2.47. The highest BCUT2D eigenvalue weighted by Crippen LogP contribution is 2.02. The highest BCUT2D eigenvalue weighted by Gasteiger charge is 2.27. The Balaban J connectivity index is 3.29. The molecule has 0 aliphatic heterocycles. The molecule has 3 N–H and O–H groups in total. The molecule has 0 atom stereocenters. The number of hydrogen-bond donors (Lipinski definition) is 2. The Kier molecular flexibility index (Phi) is 9.33. The average Bonchev–Trinajstić information content (AvgIpc) is 2.27. The Morgan fingerprint density at radius 3 is 2.20 bits per heavy atom. The zero-order chi connectivity index (χ0) is 11.6. The molecule has 92 valence electrons. The SMILES string of the molecule is CO[Si](C)(CNCCCCCCN)OC. The molecule has 0 amide bonds. The quantitative estimate of drug-likeness (QED) is 0.437. The van der Waals surface area contributed by atoms with E-state index in [0.29, 0.717) is 0 Å². The fourth-order valence-corrected chi connectivity index (χ4v) is 2.38. The molecule has 15 heavy (non-hydrogen) atoms. The zero-order valence-electron chi connectivity index (χ0n) is 10.3. The monoisotopic (exact) mass is 234 g/mol. The molecule has 0 heterocycles. The number of nitrogens with two attached hydrogens (primary N) is 1. The lowest BCUT2D eigenvalue weighted by molar-refractivity contribution is 0.247. The first-order valence-electron chi connectivity index (χ1n) is 5.69. The Bertz CT molecular complexity index is 143. The van der Waals surface area contributed by atoms with Crippen molar-refractivity contribution in [2.75, 3.05) is 33.5 Å². The number of hydrogen-bond acceptors (Lipinski definition) is 4. The maximum absolute atomic E-state index is 5.42. The zero-order valence-corrected chi connectivity index (χ0v) is 11.3. The molecule has 0 spiro atoms. The molecular weight excluding hydrogens is 208 g/mol. The van der Waals surface area contributed by atoms with Crippen LogP contribution in [0.4, 0.5) is 0 Å². The van der Waals surface area contributed by atoms with Crippen molar-refractivity contribution in [3.8, 4) is 0 Å². The Labute approximate surface area is 94.8 Å². The molecule has 0 radical (unpaired) electrons. The van der Waals surface area contributed by atoms with Gasteiger partial charge in [-0.2, -0.15) is 0 Å². The predicted octanol–water partition coefficient (Wildman–Crippen LogP) is 0.999. The molecular formula is C10H26N2O2Si. The van der Waals surface area contributed by atoms with Gasteiger partial charge in [-0.25, -0.2) is 0 Å². The number of rotatable bonds is 10. The molecule has 0 bridgehead atoms. The molecule has 0 aromatic carbocycles. The van der Waals surface area contributed by atoms with E-state index in [0.717, 1.165) is 25.7 Å². The molecule has 0 aromatic rings. The minimum absolute atomic E-state index is 0.811. The van der Waals surface area contributed by atoms with Gasteiger partial charge in [0.1, 0.15) is 0 Å². The first-order valence-corrected chi connectivity index (χ1v) is 8.22. The summed E-state index contributed by atoms with van der Waals surface area (Å²) in [6, 6.07) is 0. The van der Waals surface area contributed by atoms with Crippen molar-refractivity contribution in [3.05, 3.63) is 0 Å². The van der Waals surface area contributed by atoms with Gasteiger partial charge in [0.25, 0.3) is 0 Å². The van der Waals surface area contributed by atoms with E-state index in [1.807, 2.05) is 0 Å². The topological polar surface area (TPSA) is 56.5 Å². The van der Waals surface area contributed by atoms with Crippen LogP contribution in [0, 0.1) is 0 Å². The van der Waals surface area contributed by atoms with Crippen molar-refractivity contribution in [2.24, 2.45) is 5.73 Å². The average molecular weight is 234 g/mol. The van der Waals surface area contributed by atoms with Gasteiger partial charge in [0.05, 0.1) is 0 Å². The van der Waals surface area contributed by atoms with Crippen molar-refractivity contribution >= 4 is 8.56 Å². The second kappa shape index (κ2) is 9.29. The minimum Gasteiger partial charge on any atom is -0.397 e. The summed E-state index contributed by atoms with van der Waals surface area (Å²) in [6.45, 7) is 3.92. The van der Waals surface area contributed by atoms with Crippen molar-refractivity contribution in [3.63, 3.8) is 0 Å². The third-order valence-corrected chi connectivity index (χ3v) is 5.24. The highest BCUT2D eigenvalue weighted by molar-refractivity contribution is 6.66. The van der Waals surface area contributed by atoms with Crippen LogP contribution in [0.3, 0.4) is 0 Å². The maximum atomic E-state index is 5.42. The normalized spacial score (nSPS) is 12.0. The van der Waals surface area contributed by atoms with Gasteiger partial charge < -0.3 is 19.9 Å². The molecule has 0 aromatic heterocycles. The van der Waals surface area contributed by atoms with E-state index in [1.165, 1.54) is 19.3 Å². The molecule has 0 aliphatic rings. The third kappa shape index (κ3) is 7.93. The van der Waals surface area contributed by atoms with E-state index in [4.69, 9.17) is 14.6 Å². The fraction of sp³-hybridized carbons (Fsp3) is 1.00. The van der Waals surface area contributed by atoms with E-state index >= 15 is 0 Å². The summed E-state index contributed by atoms with van der Waals surface area (Å²) in [4.78, 5) is 0. The van der Waals surface area contributed by atoms with Gasteiger partial charge in [-0.15, -0.1) is 0 Å². The van der Waals surface area contributed by atoms with Gasteiger partial charge >= 0.3 is 8.56 Å². The van der Waals surface area contributed by atoms with Crippen LogP contribution < -0.4 is 11.1 Å². The predicted molar refractivity (Wildman–Crippen MR) is 66.0 cm³/mol. The van der Waals surface area contributed by atoms with Crippen LogP contribution in [-0.4, -0.2) is 42.0 Å². The lowest BCUT2D eigenvalue weighted by Gasteiger charge is -2.22. The van der Waals surface area contributed by atoms with E-state index in [2.05, 4.69) is 11.9 Å². The van der Waals surface area contributed by atoms with Gasteiger partial charge in [0.2, 0.25) is 0 Å². The maximum Gasteiger partial charge on any atom is 0.348 e. The van der Waals surface area contributed by atoms with E-state index in [1.54, 1.807) is 14.2 Å². The Morgan fingerprint density at radius 1 is 1.07 bits per heavy atom. The first-order chi connectivity index (χ1) is 7.18. The highest BCUT2D eigenvalue weighted by atomic mass is 28.4. The van der Waals surface area contributed by atoms with E-state index in [9.17, 15) is 0 Å². The second-order valence-corrected chi connectivity index (χ2v) is 7.36. The largest absolute Gasteiger partial charge is 0.397 e. The summed E-state index contributed by atoms with van der Waals surface area (Å²) in [5, 5.41) is 3.39. The Hall–Kier alpha value is 0.0569. The van der Waals surface area contributed by atoms with Crippen LogP contribution in [0.1, 0.15) is 25.7 Å². The molecule has 4 nitrogen and oxygen atoms in total. The van der Waals surface area contributed by atoms with Crippen molar-refractivity contribution < 1.29 is 8.85 Å². The van der Waals surface area contributed by atoms with Crippen molar-refractivity contribution in [1.82, 2.24) is 5.32 Å². The summed E-state index contributed by atoms with van der Waals surface area (Å²) in [5.74, 6) is 0. The second-order valence-electron chi connectivity index (χ2n) is 3.92. The number of nitrogens with one attached hydrogen (secondary N) is 1. The van der Waals surface area contributed by atoms with Gasteiger partial charge in [-0.1, -0.05) is 12.8 Å². The molecule has 0 unspecified atom stereocenters. The molecule has 5 heteroatoms. The lowest BCUT2D eigenvalue weighted by atomic mass is 10.2. The van der Waals surface area contributed by atoms with Crippen molar-refractivity contribution in [2.45, 2.75) is 32.2 Å². The third-order valence-electron chi connectivity index (χ3n) is 2.62. The summed E-state index contributed by atoms with van der Waals surface area (Å²) >= 11 is 0. The molecule has 0 rings (SSSR count). The van der Waals surface area contributed by atoms with Crippen molar-refractivity contribution in [1.29, 1.82) is 0 Å². The van der Waals surface area contributed by atoms with Gasteiger partial charge in [-0.3, -0.25) is 0 Å². The molecule has 0 fully saturated rings. The van der Waals surface area contributed by atoms with Crippen LogP contribution in [0.15, 0.2) is 0 Å². The van der Waals surface area contributed by atoms with Crippen LogP contribution >= 0.6 is 0 Å². The van der Waals surface area contributed by atoms with Gasteiger partial charge in [0, 0.05) is 20.4 Å². The molecule has 0 aliphatic carbocycles. The van der Waals surface area contributed by atoms with Crippen LogP contribution in [0.2, 0.25) is 6.55 Å². The Morgan fingerprint density at radius 2 is 1.67 bits per heavy atom. The van der Waals surface area contributed by atoms with Gasteiger partial charge in [0.15, 0.2) is 0 Å². The standard InChI is InChI=1S/C10H26N2O2Si/c1-13-15(3,14-2)10-12-9-7-5-4-6-8-11/h12H,4-11H2,1-3H3. The minimum atomic E-state index is -1.90. The summed E-state index contributed by atoms with van der Waals surface area (Å²) in [7, 11) is 1.54. The van der Waals surface area contributed by atoms with Crippen LogP contribution in [0.25, 0.3) is 0 Å². The molecule has 0 saturated heterocycles.